The van der Waals surface area contributed by atoms with Gasteiger partial charge in [0, 0.05) is 6.42 Å². The number of aliphatic hydroxyl groups excluding tert-OH is 1. The molecule has 0 saturated heterocycles. The number of unbranched alkanes of at least 4 members (excludes halogenated alkanes) is 1. The molecule has 0 aliphatic rings. The maximum absolute atomic E-state index is 11.8. The zero-order chi connectivity index (χ0) is 11.9. The summed E-state index contributed by atoms with van der Waals surface area (Å²) in [4.78, 5) is 10.9. The van der Waals surface area contributed by atoms with E-state index < -0.39 is 24.7 Å². The van der Waals surface area contributed by atoms with Crippen molar-refractivity contribution in [1.82, 2.24) is 5.32 Å². The normalized spacial score (nSPS) is 13.7. The van der Waals surface area contributed by atoms with E-state index in [0.29, 0.717) is 19.4 Å². The smallest absolute Gasteiger partial charge is 0.382 e. The van der Waals surface area contributed by atoms with Crippen molar-refractivity contribution in [2.75, 3.05) is 13.1 Å². The van der Waals surface area contributed by atoms with E-state index in [0.717, 1.165) is 0 Å². The number of alkyl halides is 3. The van der Waals surface area contributed by atoms with Crippen LogP contribution in [0.1, 0.15) is 19.3 Å². The third kappa shape index (κ3) is 7.15. The van der Waals surface area contributed by atoms with E-state index in [-0.39, 0.29) is 6.42 Å². The second kappa shape index (κ2) is 6.62. The molecule has 7 heteroatoms. The van der Waals surface area contributed by atoms with Gasteiger partial charge in [-0.15, -0.1) is 0 Å². The van der Waals surface area contributed by atoms with Crippen LogP contribution < -0.4 is 11.1 Å². The molecular formula is C8H15F3N2O2. The van der Waals surface area contributed by atoms with E-state index in [2.05, 4.69) is 0 Å². The van der Waals surface area contributed by atoms with E-state index in [1.807, 2.05) is 5.32 Å². The van der Waals surface area contributed by atoms with Crippen LogP contribution in [-0.4, -0.2) is 36.4 Å². The predicted molar refractivity (Wildman–Crippen MR) is 48.0 cm³/mol. The molecule has 0 aromatic heterocycles. The molecule has 0 aromatic rings. The van der Waals surface area contributed by atoms with Crippen molar-refractivity contribution in [3.05, 3.63) is 0 Å². The number of carbonyl (C=O) groups excluding carboxylic acids is 1. The number of aliphatic hydroxyl groups is 1. The molecule has 0 spiro atoms. The maximum Gasteiger partial charge on any atom is 0.416 e. The number of hydrogen-bond acceptors (Lipinski definition) is 3. The first-order chi connectivity index (χ1) is 6.88. The minimum absolute atomic E-state index is 0.127. The number of carbonyl (C=O) groups is 1. The summed E-state index contributed by atoms with van der Waals surface area (Å²) in [5, 5.41) is 10.5. The lowest BCUT2D eigenvalue weighted by Gasteiger charge is -2.14. The molecule has 0 heterocycles. The van der Waals surface area contributed by atoms with Gasteiger partial charge in [-0.05, 0) is 19.4 Å². The highest BCUT2D eigenvalue weighted by Crippen LogP contribution is 2.19. The number of hydrogen-bond donors (Lipinski definition) is 3. The summed E-state index contributed by atoms with van der Waals surface area (Å²) in [6.07, 6.45) is -5.89. The first-order valence-electron chi connectivity index (χ1n) is 4.59. The second-order valence-corrected chi connectivity index (χ2v) is 3.11. The fourth-order valence-electron chi connectivity index (χ4n) is 0.845. The number of rotatable bonds is 6. The first-order valence-corrected chi connectivity index (χ1v) is 4.59. The van der Waals surface area contributed by atoms with Crippen molar-refractivity contribution in [2.45, 2.75) is 31.5 Å². The molecule has 0 aliphatic carbocycles. The van der Waals surface area contributed by atoms with Gasteiger partial charge in [0.15, 0.2) is 6.10 Å². The summed E-state index contributed by atoms with van der Waals surface area (Å²) < 4.78 is 35.4. The lowest BCUT2D eigenvalue weighted by atomic mass is 10.2. The van der Waals surface area contributed by atoms with E-state index in [1.54, 1.807) is 0 Å². The Labute approximate surface area is 85.6 Å². The van der Waals surface area contributed by atoms with Gasteiger partial charge < -0.3 is 16.2 Å². The third-order valence-corrected chi connectivity index (χ3v) is 1.73. The Morgan fingerprint density at radius 1 is 1.40 bits per heavy atom. The van der Waals surface area contributed by atoms with E-state index in [9.17, 15) is 18.0 Å². The Kier molecular flexibility index (Phi) is 6.26. The maximum atomic E-state index is 11.8. The van der Waals surface area contributed by atoms with E-state index >= 15 is 0 Å². The van der Waals surface area contributed by atoms with Crippen LogP contribution in [0.5, 0.6) is 0 Å². The summed E-state index contributed by atoms with van der Waals surface area (Å²) in [6.45, 7) is -0.358. The van der Waals surface area contributed by atoms with Gasteiger partial charge in [0.05, 0.1) is 6.54 Å². The molecule has 0 bridgehead atoms. The standard InChI is InChI=1S/C8H15F3N2O2/c9-8(10,11)6(14)5-13-7(15)3-1-2-4-12/h6,14H,1-5,12H2,(H,13,15). The SMILES string of the molecule is NCCCCC(=O)NCC(O)C(F)(F)F. The Morgan fingerprint density at radius 3 is 2.47 bits per heavy atom. The fraction of sp³-hybridized carbons (Fsp3) is 0.875. The Bertz CT molecular complexity index is 197. The topological polar surface area (TPSA) is 75.4 Å². The molecule has 0 aromatic carbocycles. The molecule has 15 heavy (non-hydrogen) atoms. The quantitative estimate of drug-likeness (QED) is 0.567. The Hall–Kier alpha value is -0.820. The highest BCUT2D eigenvalue weighted by Gasteiger charge is 2.38. The molecule has 90 valence electrons. The fourth-order valence-corrected chi connectivity index (χ4v) is 0.845. The second-order valence-electron chi connectivity index (χ2n) is 3.11. The average Bonchev–Trinajstić information content (AvgIpc) is 2.13. The van der Waals surface area contributed by atoms with Crippen LogP contribution in [0, 0.1) is 0 Å². The van der Waals surface area contributed by atoms with E-state index in [4.69, 9.17) is 10.8 Å². The van der Waals surface area contributed by atoms with Crippen molar-refractivity contribution in [2.24, 2.45) is 5.73 Å². The lowest BCUT2D eigenvalue weighted by Crippen LogP contribution is -2.40. The molecule has 0 rings (SSSR count). The predicted octanol–water partition coefficient (Wildman–Crippen LogP) is 0.155. The van der Waals surface area contributed by atoms with Gasteiger partial charge in [-0.3, -0.25) is 4.79 Å². The monoisotopic (exact) mass is 228 g/mol. The average molecular weight is 228 g/mol. The van der Waals surface area contributed by atoms with Crippen molar-refractivity contribution in [3.8, 4) is 0 Å². The first kappa shape index (κ1) is 14.2. The van der Waals surface area contributed by atoms with Gasteiger partial charge in [-0.25, -0.2) is 0 Å². The number of halogens is 3. The number of amides is 1. The molecule has 0 radical (unpaired) electrons. The van der Waals surface area contributed by atoms with Gasteiger partial charge in [-0.1, -0.05) is 0 Å². The molecule has 4 nitrogen and oxygen atoms in total. The molecular weight excluding hydrogens is 213 g/mol. The summed E-state index contributed by atoms with van der Waals surface area (Å²) in [5.41, 5.74) is 5.17. The molecule has 0 fully saturated rings. The zero-order valence-electron chi connectivity index (χ0n) is 8.18. The molecule has 1 unspecified atom stereocenters. The molecule has 1 amide bonds. The summed E-state index contributed by atoms with van der Waals surface area (Å²) in [6, 6.07) is 0. The Morgan fingerprint density at radius 2 is 2.00 bits per heavy atom. The summed E-state index contributed by atoms with van der Waals surface area (Å²) in [7, 11) is 0. The highest BCUT2D eigenvalue weighted by molar-refractivity contribution is 5.75. The van der Waals surface area contributed by atoms with Gasteiger partial charge >= 0.3 is 6.18 Å². The van der Waals surface area contributed by atoms with Crippen molar-refractivity contribution >= 4 is 5.91 Å². The van der Waals surface area contributed by atoms with Gasteiger partial charge in [-0.2, -0.15) is 13.2 Å². The van der Waals surface area contributed by atoms with E-state index in [1.165, 1.54) is 0 Å². The van der Waals surface area contributed by atoms with Crippen LogP contribution >= 0.6 is 0 Å². The minimum Gasteiger partial charge on any atom is -0.382 e. The van der Waals surface area contributed by atoms with Crippen molar-refractivity contribution < 1.29 is 23.1 Å². The molecule has 4 N–H and O–H groups in total. The van der Waals surface area contributed by atoms with Crippen LogP contribution in [0.2, 0.25) is 0 Å². The number of nitrogens with one attached hydrogen (secondary N) is 1. The number of nitrogens with two attached hydrogens (primary N) is 1. The van der Waals surface area contributed by atoms with Crippen LogP contribution in [0.25, 0.3) is 0 Å². The zero-order valence-corrected chi connectivity index (χ0v) is 8.18. The van der Waals surface area contributed by atoms with Gasteiger partial charge in [0.2, 0.25) is 5.91 Å². The van der Waals surface area contributed by atoms with Crippen LogP contribution in [-0.2, 0) is 4.79 Å². The van der Waals surface area contributed by atoms with Crippen molar-refractivity contribution in [1.29, 1.82) is 0 Å². The van der Waals surface area contributed by atoms with Crippen molar-refractivity contribution in [3.63, 3.8) is 0 Å². The molecule has 1 atom stereocenters. The lowest BCUT2D eigenvalue weighted by molar-refractivity contribution is -0.201. The van der Waals surface area contributed by atoms with Crippen LogP contribution in [0.15, 0.2) is 0 Å². The van der Waals surface area contributed by atoms with Crippen LogP contribution in [0.4, 0.5) is 13.2 Å². The molecule has 0 aliphatic heterocycles. The summed E-state index contributed by atoms with van der Waals surface area (Å²) >= 11 is 0. The van der Waals surface area contributed by atoms with Gasteiger partial charge in [0.25, 0.3) is 0 Å². The highest BCUT2D eigenvalue weighted by atomic mass is 19.4. The molecule has 0 saturated carbocycles. The van der Waals surface area contributed by atoms with Gasteiger partial charge in [0.1, 0.15) is 0 Å². The Balaban J connectivity index is 3.62. The largest absolute Gasteiger partial charge is 0.416 e. The summed E-state index contributed by atoms with van der Waals surface area (Å²) in [5.74, 6) is -0.508. The minimum atomic E-state index is -4.69. The third-order valence-electron chi connectivity index (χ3n) is 1.73. The van der Waals surface area contributed by atoms with Crippen LogP contribution in [0.3, 0.4) is 0 Å².